The number of carbonyl (C=O) groups is 1. The van der Waals surface area contributed by atoms with Crippen molar-refractivity contribution in [2.75, 3.05) is 103 Å². The minimum Gasteiger partial charge on any atom is -0.409 e. The molecular weight excluding hydrogens is 2070 g/mol. The number of nitriles is 3. The normalized spacial score (nSPS) is 11.9. The van der Waals surface area contributed by atoms with E-state index in [1.807, 2.05) is 69.3 Å². The van der Waals surface area contributed by atoms with E-state index in [4.69, 9.17) is 34.7 Å². The van der Waals surface area contributed by atoms with Crippen LogP contribution in [0.5, 0.6) is 22.8 Å². The number of anilines is 7. The van der Waals surface area contributed by atoms with Crippen LogP contribution in [0.2, 0.25) is 5.15 Å². The number of methoxy groups -OCH3 is 2. The number of tetrazole rings is 1. The monoisotopic (exact) mass is 2150 g/mol. The van der Waals surface area contributed by atoms with Gasteiger partial charge in [0.05, 0.1) is 47.0 Å². The van der Waals surface area contributed by atoms with Gasteiger partial charge in [0, 0.05) is 90.0 Å². The standard InChI is InChI=1S/C29H33N11O5S2.C25H24N10O3S.C16H16F3N13O3S.C13H10ClN11O3/c1-6-14-32-26-24(36-37-25-23(16-30)28(46(41,42)7-2)40(38-25)21-9-8-15-31-17-21)27(35-29(34-26)33-20(4)18-45-5)39-47(43,44)22-12-10-19(3)11-13-22;1-4-7-18-29-24(34-35(18)19-11-10-16-8-5-6-9-17(16)28-19)33-32-20-21(36)30-23(27-15(2)14-37-3)31-22(20)38-25-26-12-13-39-25;1-4-6-22-12-9(10(16(17,18)19)23-14(21-3)24-12)25-26-11-8(7-20)13(35-36(33,34)5-2)32(29-11)15-27-30-31-28-15;1-5(26)28-11-6(3-15)9(24-25(11)13-17-4-18-23-13)22-21-7-8(14)19-12(16-2)20-10(7)27/h6,8-13,15,17,20H,1,7,14,18H2,2-5H3,(H3,32,33,34,35,39);4-6,8-13,15H,1,7,14H2,2-3H3,(H2,27,30,31,36);4H,1,5-6H2,2-3H3,(H2,21,22,23,24)(H,27,28,30,31);4H,1-2H3,(H,17,18,23)(H2,16,19,20,27). The lowest BCUT2D eigenvalue weighted by Crippen LogP contribution is -2.24. The minimum atomic E-state index is -4.97. The number of aryl methyl sites for hydroxylation is 1. The first-order chi connectivity index (χ1) is 71.9. The maximum absolute atomic E-state index is 13.8. The largest absolute Gasteiger partial charge is 0.435 e. The first kappa shape index (κ1) is 110. The van der Waals surface area contributed by atoms with Gasteiger partial charge in [0.15, 0.2) is 77.2 Å². The molecule has 0 aliphatic rings. The molecule has 15 aromatic rings. The molecule has 13 aromatic heterocycles. The fourth-order valence-electron chi connectivity index (χ4n) is 12.2. The van der Waals surface area contributed by atoms with Crippen LogP contribution in [0.1, 0.15) is 68.4 Å². The van der Waals surface area contributed by atoms with Gasteiger partial charge in [-0.25, -0.2) is 46.6 Å². The van der Waals surface area contributed by atoms with E-state index in [2.05, 4.69) is 213 Å². The lowest BCUT2D eigenvalue weighted by Gasteiger charge is -2.17. The zero-order valence-electron chi connectivity index (χ0n) is 79.8. The van der Waals surface area contributed by atoms with Gasteiger partial charge in [-0.2, -0.15) is 91.6 Å². The second kappa shape index (κ2) is 50.1. The number of allylic oxidation sites excluding steroid dienone is 1. The number of fused-ring (bicyclic) bond motifs is 1. The Kier molecular flexibility index (Phi) is 36.7. The van der Waals surface area contributed by atoms with Crippen molar-refractivity contribution in [3.8, 4) is 64.4 Å². The van der Waals surface area contributed by atoms with Crippen LogP contribution < -0.4 is 61.4 Å². The van der Waals surface area contributed by atoms with Crippen molar-refractivity contribution in [3.63, 3.8) is 0 Å². The maximum Gasteiger partial charge on any atom is 0.435 e. The number of sulfone groups is 1. The Bertz CT molecular complexity index is 8170. The summed E-state index contributed by atoms with van der Waals surface area (Å²) < 4.78 is 151. The molecule has 776 valence electrons. The van der Waals surface area contributed by atoms with Crippen LogP contribution in [0.25, 0.3) is 34.3 Å². The van der Waals surface area contributed by atoms with E-state index in [-0.39, 0.29) is 157 Å². The molecule has 15 rings (SSSR count). The number of aromatic nitrogens is 27. The lowest BCUT2D eigenvalue weighted by atomic mass is 10.2. The van der Waals surface area contributed by atoms with Crippen molar-refractivity contribution in [2.45, 2.75) is 76.1 Å². The fourth-order valence-corrected chi connectivity index (χ4v) is 15.5. The molecule has 67 heteroatoms. The minimum absolute atomic E-state index is 0.0166. The fraction of sp³-hybridized carbons (Fsp3) is 0.241. The third-order valence-electron chi connectivity index (χ3n) is 18.9. The Labute approximate surface area is 854 Å². The highest BCUT2D eigenvalue weighted by Gasteiger charge is 2.40. The van der Waals surface area contributed by atoms with Gasteiger partial charge < -0.3 is 55.0 Å². The zero-order chi connectivity index (χ0) is 108. The quantitative estimate of drug-likeness (QED) is 0.00557. The van der Waals surface area contributed by atoms with Gasteiger partial charge in [-0.3, -0.25) is 34.1 Å². The summed E-state index contributed by atoms with van der Waals surface area (Å²) in [7, 11) is -6.41. The summed E-state index contributed by atoms with van der Waals surface area (Å²) in [5.41, 5.74) is -3.38. The summed E-state index contributed by atoms with van der Waals surface area (Å²) in [6, 6.07) is 25.8. The second-order valence-corrected chi connectivity index (χ2v) is 36.6. The zero-order valence-corrected chi connectivity index (χ0v) is 83.9. The Balaban J connectivity index is 0.000000180. The topological polar surface area (TPSA) is 782 Å². The molecule has 0 amide bonds. The first-order valence-electron chi connectivity index (χ1n) is 43.1. The molecule has 0 aliphatic heterocycles. The van der Waals surface area contributed by atoms with Crippen molar-refractivity contribution in [2.24, 2.45) is 40.9 Å². The summed E-state index contributed by atoms with van der Waals surface area (Å²) >= 11 is 7.17. The number of alkyl halides is 3. The Morgan fingerprint density at radius 3 is 1.89 bits per heavy atom. The first-order valence-corrected chi connectivity index (χ1v) is 49.0. The van der Waals surface area contributed by atoms with Crippen molar-refractivity contribution >= 4 is 157 Å². The molecule has 0 fully saturated rings. The maximum atomic E-state index is 13.8. The summed E-state index contributed by atoms with van der Waals surface area (Å²) in [5, 5.41) is 115. The summed E-state index contributed by atoms with van der Waals surface area (Å²) in [5.74, 6) is -3.41. The second-order valence-electron chi connectivity index (χ2n) is 29.6. The molecule has 13 heterocycles. The highest BCUT2D eigenvalue weighted by atomic mass is 35.5. The van der Waals surface area contributed by atoms with Gasteiger partial charge in [-0.15, -0.1) is 86.1 Å². The van der Waals surface area contributed by atoms with Crippen LogP contribution in [-0.4, -0.2) is 244 Å². The number of sulfonamides is 1. The van der Waals surface area contributed by atoms with Crippen LogP contribution >= 0.6 is 22.9 Å². The number of esters is 1. The lowest BCUT2D eigenvalue weighted by molar-refractivity contribution is -0.140. The third-order valence-corrected chi connectivity index (χ3v) is 24.0. The number of H-pyrrole nitrogens is 4. The SMILES string of the molecule is C=CCNc1nc(NC(C)COC)nc(NS(=O)(=O)c2ccc(C)cc2)c1N=Nc1nn(-c2cccnc2)c(S(=O)(=O)CC)c1C#N.C=CCNc1nc(NC)nc(C(F)(F)F)c1N=Nc1nn(-c2nn[nH]n2)c(OS(=O)(=O)CC)c1C#N.C=CCc1nc(N=Nc2c(Oc3nccs3)nc(NC(C)COC)[nH]c2=O)nn1-c1ccc2ccccc2n1.CNc1nc(Cl)c(N=Nc2nn(-c3ncn[nH]3)c(OC(C)=O)c2C#N)c(=O)[nH]1. The van der Waals surface area contributed by atoms with Crippen molar-refractivity contribution in [3.05, 3.63) is 201 Å². The number of pyridine rings is 2. The van der Waals surface area contributed by atoms with E-state index in [1.165, 1.54) is 76.3 Å². The van der Waals surface area contributed by atoms with Gasteiger partial charge in [-0.1, -0.05) is 89.1 Å². The number of halogens is 4. The summed E-state index contributed by atoms with van der Waals surface area (Å²) in [4.78, 5) is 87.0. The van der Waals surface area contributed by atoms with Crippen LogP contribution in [-0.2, 0) is 56.8 Å². The number of para-hydroxylation sites is 1. The van der Waals surface area contributed by atoms with E-state index < -0.39 is 92.7 Å². The number of benzene rings is 2. The number of nitrogens with one attached hydrogen (secondary N) is 11. The number of hydrogen-bond donors (Lipinski definition) is 11. The Hall–Kier alpha value is -18.9. The third kappa shape index (κ3) is 27.6. The van der Waals surface area contributed by atoms with E-state index in [0.717, 1.165) is 32.8 Å². The molecule has 0 saturated heterocycles. The Morgan fingerprint density at radius 1 is 0.653 bits per heavy atom. The average Bonchev–Trinajstić information content (AvgIpc) is 1.43. The molecule has 0 bridgehead atoms. The van der Waals surface area contributed by atoms with E-state index in [9.17, 15) is 68.6 Å². The van der Waals surface area contributed by atoms with Gasteiger partial charge in [0.1, 0.15) is 35.9 Å². The van der Waals surface area contributed by atoms with E-state index in [0.29, 0.717) is 41.2 Å². The highest BCUT2D eigenvalue weighted by molar-refractivity contribution is 7.92. The predicted octanol–water partition coefficient (Wildman–Crippen LogP) is 11.9. The van der Waals surface area contributed by atoms with Gasteiger partial charge in [0.2, 0.25) is 58.8 Å². The van der Waals surface area contributed by atoms with Crippen LogP contribution in [0.3, 0.4) is 0 Å². The van der Waals surface area contributed by atoms with E-state index >= 15 is 0 Å². The van der Waals surface area contributed by atoms with E-state index in [1.54, 1.807) is 72.9 Å². The molecule has 0 saturated carbocycles. The molecule has 2 aromatic carbocycles. The van der Waals surface area contributed by atoms with Crippen molar-refractivity contribution in [1.29, 1.82) is 15.8 Å². The number of carbonyl (C=O) groups excluding carboxylic acids is 1. The smallest absolute Gasteiger partial charge is 0.409 e. The number of nitrogens with zero attached hydrogens (tertiary/aromatic N) is 34. The van der Waals surface area contributed by atoms with Gasteiger partial charge >= 0.3 is 22.3 Å². The molecule has 150 heavy (non-hydrogen) atoms. The predicted molar refractivity (Wildman–Crippen MR) is 531 cm³/mol. The molecule has 0 spiro atoms. The number of rotatable bonds is 41. The summed E-state index contributed by atoms with van der Waals surface area (Å²) in [6.45, 7) is 21.3. The van der Waals surface area contributed by atoms with Gasteiger partial charge in [0.25, 0.3) is 50.0 Å². The molecule has 0 aliphatic carbocycles. The molecule has 2 atom stereocenters. The van der Waals surface area contributed by atoms with Crippen molar-refractivity contribution in [1.82, 2.24) is 135 Å². The number of aromatic amines is 4. The summed E-state index contributed by atoms with van der Waals surface area (Å²) in [6.07, 6.45) is 5.70. The molecule has 11 N–H and O–H groups in total. The number of azo groups is 4. The number of hydrogen-bond acceptors (Lipinski definition) is 51. The number of ether oxygens (including phenoxy) is 4. The molecular formula is C83H83ClF3N45O14S4. The molecule has 59 nitrogen and oxygen atoms in total. The molecule has 0 radical (unpaired) electrons. The molecule has 2 unspecified atom stereocenters. The average molecular weight is 2160 g/mol. The van der Waals surface area contributed by atoms with Crippen LogP contribution in [0, 0.1) is 40.9 Å². The number of thiazole rings is 1. The van der Waals surface area contributed by atoms with Gasteiger partial charge in [-0.05, 0) is 75.4 Å². The Morgan fingerprint density at radius 2 is 1.29 bits per heavy atom. The highest BCUT2D eigenvalue weighted by Crippen LogP contribution is 2.43. The van der Waals surface area contributed by atoms with Crippen LogP contribution in [0.4, 0.5) is 101 Å². The van der Waals surface area contributed by atoms with Crippen molar-refractivity contribution < 1.29 is 66.3 Å². The van der Waals surface area contributed by atoms with Crippen LogP contribution in [0.15, 0.2) is 201 Å².